The number of hydrogen-bond donors (Lipinski definition) is 1. The fraction of sp³-hybridized carbons (Fsp3) is 0.0476. The number of pyridine rings is 2. The predicted molar refractivity (Wildman–Crippen MR) is 103 cm³/mol. The van der Waals surface area contributed by atoms with Gasteiger partial charge in [-0.15, -0.1) is 0 Å². The number of anilines is 1. The molecule has 1 aromatic carbocycles. The average molecular weight is 352 g/mol. The molecule has 4 aromatic rings. The van der Waals surface area contributed by atoms with Crippen LogP contribution in [0.4, 0.5) is 5.82 Å². The number of benzene rings is 1. The SMILES string of the molecule is N#Cc1cccnc1NCc1cn(-c2ccccc2)nc1-c1ccncc1. The highest BCUT2D eigenvalue weighted by Gasteiger charge is 2.13. The van der Waals surface area contributed by atoms with Gasteiger partial charge in [-0.1, -0.05) is 18.2 Å². The van der Waals surface area contributed by atoms with Gasteiger partial charge in [-0.25, -0.2) is 9.67 Å². The highest BCUT2D eigenvalue weighted by Crippen LogP contribution is 2.24. The molecule has 0 spiro atoms. The molecular weight excluding hydrogens is 336 g/mol. The zero-order valence-electron chi connectivity index (χ0n) is 14.4. The lowest BCUT2D eigenvalue weighted by Crippen LogP contribution is -2.03. The van der Waals surface area contributed by atoms with Crippen LogP contribution in [0.5, 0.6) is 0 Å². The van der Waals surface area contributed by atoms with Gasteiger partial charge in [0.15, 0.2) is 0 Å². The molecule has 0 fully saturated rings. The zero-order valence-corrected chi connectivity index (χ0v) is 14.4. The molecule has 0 aliphatic heterocycles. The highest BCUT2D eigenvalue weighted by atomic mass is 15.3. The third-order valence-electron chi connectivity index (χ3n) is 4.14. The van der Waals surface area contributed by atoms with Crippen molar-refractivity contribution in [3.63, 3.8) is 0 Å². The normalized spacial score (nSPS) is 10.3. The molecule has 0 bridgehead atoms. The summed E-state index contributed by atoms with van der Waals surface area (Å²) >= 11 is 0. The average Bonchev–Trinajstić information content (AvgIpc) is 3.18. The summed E-state index contributed by atoms with van der Waals surface area (Å²) in [5.41, 5.74) is 4.34. The molecule has 0 aliphatic carbocycles. The molecule has 3 heterocycles. The number of nitriles is 1. The van der Waals surface area contributed by atoms with Crippen LogP contribution in [0.1, 0.15) is 11.1 Å². The number of rotatable bonds is 5. The van der Waals surface area contributed by atoms with Crippen LogP contribution in [-0.4, -0.2) is 19.7 Å². The quantitative estimate of drug-likeness (QED) is 0.591. The summed E-state index contributed by atoms with van der Waals surface area (Å²) in [5.74, 6) is 0.563. The van der Waals surface area contributed by atoms with E-state index in [1.807, 2.05) is 53.3 Å². The Balaban J connectivity index is 1.70. The highest BCUT2D eigenvalue weighted by molar-refractivity contribution is 5.63. The van der Waals surface area contributed by atoms with E-state index in [-0.39, 0.29) is 0 Å². The Kier molecular flexibility index (Phi) is 4.58. The molecule has 0 saturated carbocycles. The van der Waals surface area contributed by atoms with Crippen LogP contribution in [0.2, 0.25) is 0 Å². The lowest BCUT2D eigenvalue weighted by atomic mass is 10.1. The second kappa shape index (κ2) is 7.50. The van der Waals surface area contributed by atoms with Crippen LogP contribution in [-0.2, 0) is 6.54 Å². The molecule has 0 atom stereocenters. The van der Waals surface area contributed by atoms with Crippen LogP contribution in [0.25, 0.3) is 16.9 Å². The van der Waals surface area contributed by atoms with Crippen molar-refractivity contribution in [2.75, 3.05) is 5.32 Å². The first kappa shape index (κ1) is 16.5. The topological polar surface area (TPSA) is 79.4 Å². The van der Waals surface area contributed by atoms with Crippen molar-refractivity contribution in [1.29, 1.82) is 5.26 Å². The zero-order chi connectivity index (χ0) is 18.5. The van der Waals surface area contributed by atoms with Crippen LogP contribution >= 0.6 is 0 Å². The van der Waals surface area contributed by atoms with Crippen molar-refractivity contribution in [3.05, 3.63) is 90.5 Å². The van der Waals surface area contributed by atoms with Gasteiger partial charge in [-0.2, -0.15) is 10.4 Å². The smallest absolute Gasteiger partial charge is 0.144 e. The summed E-state index contributed by atoms with van der Waals surface area (Å²) in [6.45, 7) is 0.496. The van der Waals surface area contributed by atoms with Gasteiger partial charge in [0.05, 0.1) is 16.9 Å². The van der Waals surface area contributed by atoms with Gasteiger partial charge in [0, 0.05) is 42.5 Å². The van der Waals surface area contributed by atoms with E-state index in [0.717, 1.165) is 22.5 Å². The number of nitrogens with one attached hydrogen (secondary N) is 1. The summed E-state index contributed by atoms with van der Waals surface area (Å²) in [6.07, 6.45) is 7.16. The van der Waals surface area contributed by atoms with E-state index in [0.29, 0.717) is 17.9 Å². The molecule has 130 valence electrons. The van der Waals surface area contributed by atoms with Gasteiger partial charge in [-0.05, 0) is 36.4 Å². The summed E-state index contributed by atoms with van der Waals surface area (Å²) in [5, 5.41) is 17.3. The Morgan fingerprint density at radius 1 is 0.963 bits per heavy atom. The predicted octanol–water partition coefficient (Wildman–Crippen LogP) is 3.81. The molecule has 3 aromatic heterocycles. The monoisotopic (exact) mass is 352 g/mol. The van der Waals surface area contributed by atoms with Crippen molar-refractivity contribution in [2.24, 2.45) is 0 Å². The molecule has 0 aliphatic rings. The van der Waals surface area contributed by atoms with Gasteiger partial charge in [0.25, 0.3) is 0 Å². The maximum Gasteiger partial charge on any atom is 0.144 e. The van der Waals surface area contributed by atoms with Crippen LogP contribution in [0, 0.1) is 11.3 Å². The minimum absolute atomic E-state index is 0.496. The largest absolute Gasteiger partial charge is 0.365 e. The van der Waals surface area contributed by atoms with Crippen LogP contribution < -0.4 is 5.32 Å². The Morgan fingerprint density at radius 2 is 1.78 bits per heavy atom. The van der Waals surface area contributed by atoms with Gasteiger partial charge in [-0.3, -0.25) is 4.98 Å². The Morgan fingerprint density at radius 3 is 2.56 bits per heavy atom. The first-order chi connectivity index (χ1) is 13.3. The molecule has 6 nitrogen and oxygen atoms in total. The van der Waals surface area contributed by atoms with Crippen molar-refractivity contribution < 1.29 is 0 Å². The van der Waals surface area contributed by atoms with Gasteiger partial charge >= 0.3 is 0 Å². The number of aromatic nitrogens is 4. The summed E-state index contributed by atoms with van der Waals surface area (Å²) in [7, 11) is 0. The maximum atomic E-state index is 9.25. The second-order valence-corrected chi connectivity index (χ2v) is 5.88. The van der Waals surface area contributed by atoms with Crippen LogP contribution in [0.3, 0.4) is 0 Å². The summed E-state index contributed by atoms with van der Waals surface area (Å²) < 4.78 is 1.86. The third kappa shape index (κ3) is 3.53. The molecular formula is C21H16N6. The molecule has 1 N–H and O–H groups in total. The van der Waals surface area contributed by atoms with Crippen molar-refractivity contribution in [2.45, 2.75) is 6.54 Å². The number of para-hydroxylation sites is 1. The Hall–Kier alpha value is -3.98. The van der Waals surface area contributed by atoms with E-state index in [1.54, 1.807) is 30.7 Å². The van der Waals surface area contributed by atoms with Crippen LogP contribution in [0.15, 0.2) is 79.4 Å². The van der Waals surface area contributed by atoms with E-state index in [9.17, 15) is 5.26 Å². The molecule has 0 unspecified atom stereocenters. The van der Waals surface area contributed by atoms with Gasteiger partial charge in [0.2, 0.25) is 0 Å². The van der Waals surface area contributed by atoms with E-state index >= 15 is 0 Å². The lowest BCUT2D eigenvalue weighted by molar-refractivity contribution is 0.883. The van der Waals surface area contributed by atoms with E-state index < -0.39 is 0 Å². The second-order valence-electron chi connectivity index (χ2n) is 5.88. The molecule has 0 amide bonds. The molecule has 4 rings (SSSR count). The fourth-order valence-corrected chi connectivity index (χ4v) is 2.82. The molecule has 0 saturated heterocycles. The third-order valence-corrected chi connectivity index (χ3v) is 4.14. The van der Waals surface area contributed by atoms with E-state index in [4.69, 9.17) is 5.10 Å². The Bertz CT molecular complexity index is 1080. The minimum Gasteiger partial charge on any atom is -0.365 e. The first-order valence-corrected chi connectivity index (χ1v) is 8.48. The van der Waals surface area contributed by atoms with E-state index in [1.165, 1.54) is 0 Å². The minimum atomic E-state index is 0.496. The number of nitrogens with zero attached hydrogens (tertiary/aromatic N) is 5. The Labute approximate surface area is 156 Å². The summed E-state index contributed by atoms with van der Waals surface area (Å²) in [4.78, 5) is 8.35. The first-order valence-electron chi connectivity index (χ1n) is 8.48. The van der Waals surface area contributed by atoms with Gasteiger partial charge < -0.3 is 5.32 Å². The maximum absolute atomic E-state index is 9.25. The standard InChI is InChI=1S/C21H16N6/c22-13-17-5-4-10-24-21(17)25-14-18-15-27(19-6-2-1-3-7-19)26-20(18)16-8-11-23-12-9-16/h1-12,15H,14H2,(H,24,25). The van der Waals surface area contributed by atoms with Crippen molar-refractivity contribution >= 4 is 5.82 Å². The fourth-order valence-electron chi connectivity index (χ4n) is 2.82. The summed E-state index contributed by atoms with van der Waals surface area (Å²) in [6, 6.07) is 19.5. The lowest BCUT2D eigenvalue weighted by Gasteiger charge is -2.07. The van der Waals surface area contributed by atoms with Crippen molar-refractivity contribution in [1.82, 2.24) is 19.7 Å². The molecule has 6 heteroatoms. The van der Waals surface area contributed by atoms with Crippen molar-refractivity contribution in [3.8, 4) is 23.0 Å². The van der Waals surface area contributed by atoms with E-state index in [2.05, 4.69) is 21.4 Å². The van der Waals surface area contributed by atoms with Gasteiger partial charge in [0.1, 0.15) is 11.9 Å². The molecule has 0 radical (unpaired) electrons. The molecule has 27 heavy (non-hydrogen) atoms. The number of hydrogen-bond acceptors (Lipinski definition) is 5.